The third-order valence-electron chi connectivity index (χ3n) is 5.37. The minimum atomic E-state index is 0.241. The molecule has 0 aromatic rings. The van der Waals surface area contributed by atoms with E-state index in [0.29, 0.717) is 6.04 Å². The first-order valence-corrected chi connectivity index (χ1v) is 7.65. The number of piperidine rings is 3. The van der Waals surface area contributed by atoms with Crippen molar-refractivity contribution in [2.45, 2.75) is 51.6 Å². The molecule has 0 saturated carbocycles. The van der Waals surface area contributed by atoms with Gasteiger partial charge in [-0.05, 0) is 58.2 Å². The Kier molecular flexibility index (Phi) is 4.35. The lowest BCUT2D eigenvalue weighted by Gasteiger charge is -2.58. The van der Waals surface area contributed by atoms with Gasteiger partial charge in [-0.15, -0.1) is 0 Å². The average molecular weight is 253 g/mol. The minimum Gasteiger partial charge on any atom is -0.329 e. The van der Waals surface area contributed by atoms with E-state index in [1.165, 1.54) is 38.9 Å². The number of likely N-dealkylation sites (N-methyl/N-ethyl adjacent to an activating group) is 1. The summed E-state index contributed by atoms with van der Waals surface area (Å²) in [5.74, 6) is 1.57. The second kappa shape index (κ2) is 5.48. The Hall–Kier alpha value is -0.120. The van der Waals surface area contributed by atoms with E-state index in [1.807, 2.05) is 0 Å². The van der Waals surface area contributed by atoms with Crippen LogP contribution in [0.3, 0.4) is 0 Å². The van der Waals surface area contributed by atoms with Gasteiger partial charge in [0.1, 0.15) is 0 Å². The van der Waals surface area contributed by atoms with Crippen molar-refractivity contribution in [1.29, 1.82) is 0 Å². The van der Waals surface area contributed by atoms with E-state index in [1.54, 1.807) is 0 Å². The van der Waals surface area contributed by atoms with Crippen molar-refractivity contribution in [1.82, 2.24) is 9.80 Å². The fraction of sp³-hybridized carbons (Fsp3) is 1.00. The van der Waals surface area contributed by atoms with Crippen LogP contribution in [0.4, 0.5) is 0 Å². The lowest BCUT2D eigenvalue weighted by atomic mass is 9.71. The van der Waals surface area contributed by atoms with Crippen molar-refractivity contribution in [3.63, 3.8) is 0 Å². The van der Waals surface area contributed by atoms with Gasteiger partial charge in [-0.2, -0.15) is 0 Å². The lowest BCUT2D eigenvalue weighted by Crippen LogP contribution is -2.70. The summed E-state index contributed by atoms with van der Waals surface area (Å²) in [6.45, 7) is 11.6. The normalized spacial score (nSPS) is 37.5. The average Bonchev–Trinajstić information content (AvgIpc) is 2.38. The quantitative estimate of drug-likeness (QED) is 0.810. The van der Waals surface area contributed by atoms with E-state index in [4.69, 9.17) is 5.73 Å². The van der Waals surface area contributed by atoms with Crippen molar-refractivity contribution in [3.05, 3.63) is 0 Å². The van der Waals surface area contributed by atoms with Gasteiger partial charge < -0.3 is 10.6 Å². The zero-order chi connectivity index (χ0) is 13.3. The Morgan fingerprint density at radius 3 is 2.28 bits per heavy atom. The molecule has 0 aromatic carbocycles. The highest BCUT2D eigenvalue weighted by atomic mass is 15.3. The van der Waals surface area contributed by atoms with Crippen molar-refractivity contribution in [3.8, 4) is 0 Å². The van der Waals surface area contributed by atoms with Gasteiger partial charge in [-0.1, -0.05) is 13.8 Å². The molecule has 2 bridgehead atoms. The van der Waals surface area contributed by atoms with Crippen LogP contribution in [0.1, 0.15) is 40.0 Å². The summed E-state index contributed by atoms with van der Waals surface area (Å²) in [4.78, 5) is 5.23. The molecule has 3 aliphatic rings. The Bertz CT molecular complexity index is 271. The molecule has 3 aliphatic heterocycles. The predicted octanol–water partition coefficient (Wildman–Crippen LogP) is 1.78. The number of rotatable bonds is 5. The van der Waals surface area contributed by atoms with Crippen molar-refractivity contribution < 1.29 is 0 Å². The van der Waals surface area contributed by atoms with Crippen LogP contribution >= 0.6 is 0 Å². The van der Waals surface area contributed by atoms with E-state index < -0.39 is 0 Å². The van der Waals surface area contributed by atoms with Crippen LogP contribution < -0.4 is 5.73 Å². The molecule has 3 saturated heterocycles. The van der Waals surface area contributed by atoms with Crippen molar-refractivity contribution >= 4 is 0 Å². The van der Waals surface area contributed by atoms with E-state index >= 15 is 0 Å². The highest BCUT2D eigenvalue weighted by molar-refractivity contribution is 5.06. The van der Waals surface area contributed by atoms with Crippen molar-refractivity contribution in [2.24, 2.45) is 17.6 Å². The van der Waals surface area contributed by atoms with Gasteiger partial charge in [0.2, 0.25) is 0 Å². The highest BCUT2D eigenvalue weighted by Crippen LogP contribution is 2.39. The van der Waals surface area contributed by atoms with Gasteiger partial charge in [-0.25, -0.2) is 0 Å². The molecule has 18 heavy (non-hydrogen) atoms. The van der Waals surface area contributed by atoms with Gasteiger partial charge in [0.25, 0.3) is 0 Å². The second-order valence-corrected chi connectivity index (χ2v) is 6.95. The number of nitrogens with two attached hydrogens (primary N) is 1. The lowest BCUT2D eigenvalue weighted by molar-refractivity contribution is -0.0728. The second-order valence-electron chi connectivity index (χ2n) is 6.95. The standard InChI is InChI=1S/C15H31N3/c1-12(2)9-13(3)17(4)15(10-16)11-18-7-5-14(15)6-8-18/h12-14H,5-11,16H2,1-4H3. The fourth-order valence-electron chi connectivity index (χ4n) is 4.20. The highest BCUT2D eigenvalue weighted by Gasteiger charge is 2.49. The maximum atomic E-state index is 6.23. The number of hydrogen-bond donors (Lipinski definition) is 1. The molecular formula is C15H31N3. The summed E-state index contributed by atoms with van der Waals surface area (Å²) in [6.07, 6.45) is 3.96. The van der Waals surface area contributed by atoms with Gasteiger partial charge in [0.05, 0.1) is 0 Å². The third-order valence-corrected chi connectivity index (χ3v) is 5.37. The summed E-state index contributed by atoms with van der Waals surface area (Å²) in [7, 11) is 2.31. The molecule has 2 N–H and O–H groups in total. The number of hydrogen-bond acceptors (Lipinski definition) is 3. The Labute approximate surface area is 113 Å². The zero-order valence-electron chi connectivity index (χ0n) is 12.7. The monoisotopic (exact) mass is 253 g/mol. The molecule has 0 amide bonds. The topological polar surface area (TPSA) is 32.5 Å². The van der Waals surface area contributed by atoms with Gasteiger partial charge >= 0.3 is 0 Å². The molecule has 3 nitrogen and oxygen atoms in total. The first-order valence-electron chi connectivity index (χ1n) is 7.65. The molecule has 3 heteroatoms. The first-order chi connectivity index (χ1) is 8.49. The van der Waals surface area contributed by atoms with Crippen LogP contribution in [-0.4, -0.2) is 54.6 Å². The van der Waals surface area contributed by atoms with Gasteiger partial charge in [0.15, 0.2) is 0 Å². The molecule has 2 unspecified atom stereocenters. The van der Waals surface area contributed by atoms with Gasteiger partial charge in [-0.3, -0.25) is 4.90 Å². The molecule has 3 fully saturated rings. The predicted molar refractivity (Wildman–Crippen MR) is 77.6 cm³/mol. The minimum absolute atomic E-state index is 0.241. The van der Waals surface area contributed by atoms with Crippen LogP contribution in [0, 0.1) is 11.8 Å². The van der Waals surface area contributed by atoms with Crippen LogP contribution in [0.25, 0.3) is 0 Å². The zero-order valence-corrected chi connectivity index (χ0v) is 12.7. The molecule has 3 heterocycles. The maximum absolute atomic E-state index is 6.23. The summed E-state index contributed by atoms with van der Waals surface area (Å²) in [6, 6.07) is 0.633. The first kappa shape index (κ1) is 14.3. The largest absolute Gasteiger partial charge is 0.329 e. The van der Waals surface area contributed by atoms with Crippen LogP contribution in [0.15, 0.2) is 0 Å². The van der Waals surface area contributed by atoms with E-state index in [9.17, 15) is 0 Å². The van der Waals surface area contributed by atoms with E-state index in [-0.39, 0.29) is 5.54 Å². The molecular weight excluding hydrogens is 222 g/mol. The summed E-state index contributed by atoms with van der Waals surface area (Å²) >= 11 is 0. The Morgan fingerprint density at radius 2 is 1.89 bits per heavy atom. The fourth-order valence-corrected chi connectivity index (χ4v) is 4.20. The molecule has 3 rings (SSSR count). The van der Waals surface area contributed by atoms with Gasteiger partial charge in [0, 0.05) is 24.7 Å². The summed E-state index contributed by atoms with van der Waals surface area (Å²) in [5, 5.41) is 0. The molecule has 0 spiro atoms. The molecule has 2 atom stereocenters. The number of fused-ring (bicyclic) bond motifs is 3. The summed E-state index contributed by atoms with van der Waals surface area (Å²) in [5.41, 5.74) is 6.47. The van der Waals surface area contributed by atoms with Crippen molar-refractivity contribution in [2.75, 3.05) is 33.2 Å². The smallest absolute Gasteiger partial charge is 0.0487 e. The van der Waals surface area contributed by atoms with Crippen LogP contribution in [-0.2, 0) is 0 Å². The SMILES string of the molecule is CC(C)CC(C)N(C)C1(CN)CN2CCC1CC2. The number of nitrogens with zero attached hydrogens (tertiary/aromatic N) is 2. The summed E-state index contributed by atoms with van der Waals surface area (Å²) < 4.78 is 0. The molecule has 0 radical (unpaired) electrons. The Balaban J connectivity index is 2.11. The third kappa shape index (κ3) is 2.45. The molecule has 106 valence electrons. The Morgan fingerprint density at radius 1 is 1.28 bits per heavy atom. The van der Waals surface area contributed by atoms with Crippen LogP contribution in [0.5, 0.6) is 0 Å². The molecule has 0 aromatic heterocycles. The van der Waals surface area contributed by atoms with E-state index in [2.05, 4.69) is 37.6 Å². The maximum Gasteiger partial charge on any atom is 0.0487 e. The van der Waals surface area contributed by atoms with Crippen LogP contribution in [0.2, 0.25) is 0 Å². The van der Waals surface area contributed by atoms with E-state index in [0.717, 1.165) is 18.4 Å². The molecule has 0 aliphatic carbocycles.